The van der Waals surface area contributed by atoms with E-state index in [0.29, 0.717) is 31.7 Å². The average molecular weight is 420 g/mol. The predicted molar refractivity (Wildman–Crippen MR) is 99.2 cm³/mol. The van der Waals surface area contributed by atoms with Crippen LogP contribution in [0.25, 0.3) is 0 Å². The number of hydrogen-bond acceptors (Lipinski definition) is 7. The first kappa shape index (κ1) is 20.5. The summed E-state index contributed by atoms with van der Waals surface area (Å²) in [5, 5.41) is 8.52. The molecule has 3 rings (SSSR count). The van der Waals surface area contributed by atoms with E-state index in [1.807, 2.05) is 0 Å². The standard InChI is InChI=1S/C16H25N3O6S2/c1-19(2)27(22,23)13-3-4-14(15(11-13)26(17,20)21)18-12-5-7-16(8-6-12)24-9-10-25-16/h3-4,11-12,18H,5-10H2,1-2H3,(H2,17,20,21). The van der Waals surface area contributed by atoms with Crippen molar-refractivity contribution in [2.24, 2.45) is 5.14 Å². The van der Waals surface area contributed by atoms with Crippen molar-refractivity contribution < 1.29 is 26.3 Å². The van der Waals surface area contributed by atoms with Crippen molar-refractivity contribution in [2.45, 2.75) is 47.3 Å². The third-order valence-corrected chi connectivity index (χ3v) is 7.72. The molecular formula is C16H25N3O6S2. The van der Waals surface area contributed by atoms with E-state index < -0.39 is 25.8 Å². The molecule has 0 atom stereocenters. The maximum absolute atomic E-state index is 12.3. The van der Waals surface area contributed by atoms with Crippen LogP contribution in [-0.2, 0) is 29.5 Å². The number of anilines is 1. The Balaban J connectivity index is 1.83. The van der Waals surface area contributed by atoms with E-state index in [2.05, 4.69) is 5.32 Å². The van der Waals surface area contributed by atoms with Crippen molar-refractivity contribution in [3.8, 4) is 0 Å². The van der Waals surface area contributed by atoms with Crippen LogP contribution in [0.4, 0.5) is 5.69 Å². The summed E-state index contributed by atoms with van der Waals surface area (Å²) in [7, 11) is -5.13. The number of nitrogens with two attached hydrogens (primary N) is 1. The molecule has 2 fully saturated rings. The smallest absolute Gasteiger partial charge is 0.242 e. The fraction of sp³-hybridized carbons (Fsp3) is 0.625. The second-order valence-corrected chi connectivity index (χ2v) is 10.7. The van der Waals surface area contributed by atoms with Crippen LogP contribution in [0.1, 0.15) is 25.7 Å². The monoisotopic (exact) mass is 419 g/mol. The molecule has 2 aliphatic rings. The molecule has 1 saturated heterocycles. The summed E-state index contributed by atoms with van der Waals surface area (Å²) in [6, 6.07) is 3.93. The summed E-state index contributed by atoms with van der Waals surface area (Å²) in [6.07, 6.45) is 2.90. The van der Waals surface area contributed by atoms with Gasteiger partial charge in [-0.25, -0.2) is 26.3 Å². The van der Waals surface area contributed by atoms with Crippen LogP contribution in [0.2, 0.25) is 0 Å². The lowest BCUT2D eigenvalue weighted by Crippen LogP contribution is -2.39. The summed E-state index contributed by atoms with van der Waals surface area (Å²) in [5.74, 6) is -0.509. The van der Waals surface area contributed by atoms with Crippen LogP contribution in [0, 0.1) is 0 Å². The number of nitrogens with zero attached hydrogens (tertiary/aromatic N) is 1. The number of hydrogen-bond donors (Lipinski definition) is 2. The Morgan fingerprint density at radius 2 is 1.70 bits per heavy atom. The summed E-state index contributed by atoms with van der Waals surface area (Å²) < 4.78 is 61.1. The molecule has 11 heteroatoms. The van der Waals surface area contributed by atoms with Gasteiger partial charge in [-0.3, -0.25) is 0 Å². The van der Waals surface area contributed by atoms with Crippen molar-refractivity contribution in [1.82, 2.24) is 4.31 Å². The van der Waals surface area contributed by atoms with Gasteiger partial charge in [0.15, 0.2) is 5.79 Å². The number of ether oxygens (including phenoxy) is 2. The molecule has 1 aliphatic carbocycles. The van der Waals surface area contributed by atoms with Gasteiger partial charge in [0, 0.05) is 33.0 Å². The maximum Gasteiger partial charge on any atom is 0.242 e. The first-order valence-corrected chi connectivity index (χ1v) is 11.7. The fourth-order valence-electron chi connectivity index (χ4n) is 3.44. The maximum atomic E-state index is 12.3. The molecule has 1 saturated carbocycles. The highest BCUT2D eigenvalue weighted by molar-refractivity contribution is 7.90. The Morgan fingerprint density at radius 3 is 2.22 bits per heavy atom. The minimum Gasteiger partial charge on any atom is -0.381 e. The summed E-state index contributed by atoms with van der Waals surface area (Å²) in [5.41, 5.74) is 0.296. The van der Waals surface area contributed by atoms with E-state index in [9.17, 15) is 16.8 Å². The van der Waals surface area contributed by atoms with Crippen molar-refractivity contribution in [1.29, 1.82) is 0 Å². The van der Waals surface area contributed by atoms with Gasteiger partial charge < -0.3 is 14.8 Å². The third kappa shape index (κ3) is 4.28. The van der Waals surface area contributed by atoms with Crippen LogP contribution in [0.15, 0.2) is 28.0 Å². The lowest BCUT2D eigenvalue weighted by Gasteiger charge is -2.36. The normalized spacial score (nSPS) is 21.0. The SMILES string of the molecule is CN(C)S(=O)(=O)c1ccc(NC2CCC3(CC2)OCCO3)c(S(N)(=O)=O)c1. The first-order chi connectivity index (χ1) is 12.5. The Morgan fingerprint density at radius 1 is 1.11 bits per heavy atom. The molecule has 0 bridgehead atoms. The fourth-order valence-corrected chi connectivity index (χ4v) is 5.16. The highest BCUT2D eigenvalue weighted by Gasteiger charge is 2.40. The van der Waals surface area contributed by atoms with E-state index in [4.69, 9.17) is 14.6 Å². The van der Waals surface area contributed by atoms with Gasteiger partial charge in [-0.15, -0.1) is 0 Å². The second kappa shape index (κ2) is 7.30. The lowest BCUT2D eigenvalue weighted by molar-refractivity contribution is -0.177. The van der Waals surface area contributed by atoms with Gasteiger partial charge in [-0.2, -0.15) is 0 Å². The zero-order chi connectivity index (χ0) is 19.9. The van der Waals surface area contributed by atoms with Crippen LogP contribution < -0.4 is 10.5 Å². The Bertz CT molecular complexity index is 898. The molecule has 0 amide bonds. The van der Waals surface area contributed by atoms with Crippen molar-refractivity contribution >= 4 is 25.7 Å². The average Bonchev–Trinajstić information content (AvgIpc) is 3.04. The molecular weight excluding hydrogens is 394 g/mol. The molecule has 1 aliphatic heterocycles. The second-order valence-electron chi connectivity index (χ2n) is 7.02. The Hall–Kier alpha value is -1.24. The minimum absolute atomic E-state index is 0.0141. The molecule has 27 heavy (non-hydrogen) atoms. The van der Waals surface area contributed by atoms with Crippen LogP contribution in [0.5, 0.6) is 0 Å². The number of rotatable bonds is 5. The topological polar surface area (TPSA) is 128 Å². The largest absolute Gasteiger partial charge is 0.381 e. The summed E-state index contributed by atoms with van der Waals surface area (Å²) >= 11 is 0. The van der Waals surface area contributed by atoms with Gasteiger partial charge in [-0.1, -0.05) is 0 Å². The van der Waals surface area contributed by atoms with Gasteiger partial charge in [-0.05, 0) is 31.0 Å². The van der Waals surface area contributed by atoms with E-state index >= 15 is 0 Å². The first-order valence-electron chi connectivity index (χ1n) is 8.67. The van der Waals surface area contributed by atoms with E-state index in [1.54, 1.807) is 0 Å². The number of nitrogens with one attached hydrogen (secondary N) is 1. The van der Waals surface area contributed by atoms with Gasteiger partial charge in [0.25, 0.3) is 0 Å². The van der Waals surface area contributed by atoms with Gasteiger partial charge >= 0.3 is 0 Å². The molecule has 3 N–H and O–H groups in total. The molecule has 9 nitrogen and oxygen atoms in total. The molecule has 0 unspecified atom stereocenters. The number of primary sulfonamides is 1. The van der Waals surface area contributed by atoms with Gasteiger partial charge in [0.1, 0.15) is 4.90 Å². The van der Waals surface area contributed by atoms with Gasteiger partial charge in [0.05, 0.1) is 23.8 Å². The minimum atomic E-state index is -4.11. The predicted octanol–water partition coefficient (Wildman–Crippen LogP) is 0.682. The van der Waals surface area contributed by atoms with Crippen LogP contribution >= 0.6 is 0 Å². The quantitative estimate of drug-likeness (QED) is 0.718. The van der Waals surface area contributed by atoms with Gasteiger partial charge in [0.2, 0.25) is 20.0 Å². The Labute approximate surface area is 159 Å². The zero-order valence-corrected chi connectivity index (χ0v) is 17.0. The summed E-state index contributed by atoms with van der Waals surface area (Å²) in [4.78, 5) is -0.364. The van der Waals surface area contributed by atoms with Crippen molar-refractivity contribution in [3.05, 3.63) is 18.2 Å². The van der Waals surface area contributed by atoms with Crippen LogP contribution in [0.3, 0.4) is 0 Å². The van der Waals surface area contributed by atoms with E-state index in [0.717, 1.165) is 23.2 Å². The lowest BCUT2D eigenvalue weighted by atomic mass is 9.90. The molecule has 152 valence electrons. The number of sulfonamides is 2. The molecule has 1 aromatic rings. The highest BCUT2D eigenvalue weighted by Crippen LogP contribution is 2.37. The zero-order valence-electron chi connectivity index (χ0n) is 15.3. The molecule has 1 heterocycles. The van der Waals surface area contributed by atoms with E-state index in [1.165, 1.54) is 26.2 Å². The third-order valence-electron chi connectivity index (χ3n) is 4.96. The summed E-state index contributed by atoms with van der Waals surface area (Å²) in [6.45, 7) is 1.19. The Kier molecular flexibility index (Phi) is 5.54. The molecule has 1 aromatic carbocycles. The molecule has 1 spiro atoms. The highest BCUT2D eigenvalue weighted by atomic mass is 32.2. The molecule has 0 aromatic heterocycles. The van der Waals surface area contributed by atoms with Crippen molar-refractivity contribution in [2.75, 3.05) is 32.6 Å². The number of benzene rings is 1. The van der Waals surface area contributed by atoms with Crippen molar-refractivity contribution in [3.63, 3.8) is 0 Å². The van der Waals surface area contributed by atoms with Crippen LogP contribution in [-0.4, -0.2) is 60.3 Å². The van der Waals surface area contributed by atoms with E-state index in [-0.39, 0.29) is 15.8 Å². The molecule has 0 radical (unpaired) electrons.